The van der Waals surface area contributed by atoms with Crippen molar-refractivity contribution in [1.82, 2.24) is 5.32 Å². The van der Waals surface area contributed by atoms with Crippen molar-refractivity contribution >= 4 is 22.6 Å². The highest BCUT2D eigenvalue weighted by molar-refractivity contribution is 5.97. The van der Waals surface area contributed by atoms with E-state index < -0.39 is 0 Å². The molecule has 0 aliphatic carbocycles. The Balaban J connectivity index is 1.85. The molecule has 0 aliphatic rings. The summed E-state index contributed by atoms with van der Waals surface area (Å²) < 4.78 is 16.8. The average Bonchev–Trinajstić information content (AvgIpc) is 3.24. The molecule has 0 bridgehead atoms. The minimum atomic E-state index is -0.303. The highest BCUT2D eigenvalue weighted by Crippen LogP contribution is 2.25. The van der Waals surface area contributed by atoms with Gasteiger partial charge in [0.15, 0.2) is 11.3 Å². The van der Waals surface area contributed by atoms with Gasteiger partial charge in [0.1, 0.15) is 11.3 Å². The number of hydrogen-bond donors (Lipinski definition) is 1. The molecule has 0 saturated heterocycles. The van der Waals surface area contributed by atoms with Crippen LogP contribution in [0.1, 0.15) is 27.2 Å². The van der Waals surface area contributed by atoms with Crippen LogP contribution < -0.4 is 15.6 Å². The van der Waals surface area contributed by atoms with Crippen molar-refractivity contribution in [3.05, 3.63) is 88.9 Å². The summed E-state index contributed by atoms with van der Waals surface area (Å²) in [4.78, 5) is 17.6. The predicted octanol–water partition coefficient (Wildman–Crippen LogP) is 4.81. The van der Waals surface area contributed by atoms with Gasteiger partial charge in [0.25, 0.3) is 5.91 Å². The van der Waals surface area contributed by atoms with Crippen LogP contribution in [0.4, 0.5) is 5.69 Å². The Morgan fingerprint density at radius 1 is 1.07 bits per heavy atom. The number of benzene rings is 2. The summed E-state index contributed by atoms with van der Waals surface area (Å²) >= 11 is 0. The molecule has 2 heterocycles. The molecule has 4 rings (SSSR count). The normalized spacial score (nSPS) is 11.6. The molecule has 0 fully saturated rings. The van der Waals surface area contributed by atoms with Crippen LogP contribution in [0.15, 0.2) is 74.7 Å². The number of nitrogens with one attached hydrogen (secondary N) is 1. The summed E-state index contributed by atoms with van der Waals surface area (Å²) in [6, 6.07) is 16.8. The average molecular weight is 402 g/mol. The van der Waals surface area contributed by atoms with Crippen molar-refractivity contribution in [1.29, 1.82) is 0 Å². The van der Waals surface area contributed by atoms with Crippen molar-refractivity contribution in [3.8, 4) is 5.75 Å². The van der Waals surface area contributed by atoms with Gasteiger partial charge in [-0.15, -0.1) is 0 Å². The second kappa shape index (κ2) is 8.29. The molecule has 152 valence electrons. The second-order valence-corrected chi connectivity index (χ2v) is 7.06. The van der Waals surface area contributed by atoms with E-state index in [0.29, 0.717) is 28.3 Å². The highest BCUT2D eigenvalue weighted by atomic mass is 16.5. The number of hydrogen-bond acceptors (Lipinski definition) is 5. The smallest absolute Gasteiger partial charge is 0.257 e. The van der Waals surface area contributed by atoms with Crippen LogP contribution in [0, 0.1) is 13.8 Å². The van der Waals surface area contributed by atoms with Crippen LogP contribution in [-0.4, -0.2) is 13.0 Å². The van der Waals surface area contributed by atoms with E-state index in [-0.39, 0.29) is 18.0 Å². The summed E-state index contributed by atoms with van der Waals surface area (Å²) in [5.74, 6) is 0.936. The predicted molar refractivity (Wildman–Crippen MR) is 114 cm³/mol. The lowest BCUT2D eigenvalue weighted by Crippen LogP contribution is -2.28. The number of amides is 1. The van der Waals surface area contributed by atoms with Crippen molar-refractivity contribution < 1.29 is 18.4 Å². The number of para-hydroxylation sites is 1. The molecular weight excluding hydrogens is 380 g/mol. The molecule has 6 nitrogen and oxygen atoms in total. The van der Waals surface area contributed by atoms with E-state index in [1.807, 2.05) is 44.2 Å². The maximum Gasteiger partial charge on any atom is 0.257 e. The highest BCUT2D eigenvalue weighted by Gasteiger charge is 2.15. The molecular formula is C24H22N2O4. The van der Waals surface area contributed by atoms with E-state index in [1.54, 1.807) is 31.6 Å². The lowest BCUT2D eigenvalue weighted by molar-refractivity contribution is 0.0944. The minimum absolute atomic E-state index is 0.217. The van der Waals surface area contributed by atoms with Gasteiger partial charge in [-0.1, -0.05) is 18.2 Å². The summed E-state index contributed by atoms with van der Waals surface area (Å²) in [5, 5.41) is 3.61. The largest absolute Gasteiger partial charge is 0.493 e. The fourth-order valence-corrected chi connectivity index (χ4v) is 3.34. The summed E-state index contributed by atoms with van der Waals surface area (Å²) in [6.45, 7) is 4.28. The van der Waals surface area contributed by atoms with Crippen molar-refractivity contribution in [2.24, 2.45) is 4.99 Å². The van der Waals surface area contributed by atoms with Gasteiger partial charge in [-0.3, -0.25) is 4.79 Å². The molecule has 4 aromatic rings. The lowest BCUT2D eigenvalue weighted by Gasteiger charge is -2.08. The Hall–Kier alpha value is -3.80. The van der Waals surface area contributed by atoms with Crippen LogP contribution in [0.3, 0.4) is 0 Å². The van der Waals surface area contributed by atoms with Gasteiger partial charge in [0.05, 0.1) is 25.6 Å². The number of rotatable bonds is 5. The number of ether oxygens (including phenoxy) is 1. The SMILES string of the molecule is COc1cccc2cc(C(=O)NCc3ccco3)c(=Nc3cc(C)cc(C)c3)oc12. The van der Waals surface area contributed by atoms with Gasteiger partial charge in [-0.25, -0.2) is 4.99 Å². The number of fused-ring (bicyclic) bond motifs is 1. The maximum atomic E-state index is 13.0. The quantitative estimate of drug-likeness (QED) is 0.519. The topological polar surface area (TPSA) is 77.0 Å². The first kappa shape index (κ1) is 19.5. The standard InChI is InChI=1S/C24H22N2O4/c1-15-10-16(2)12-18(11-15)26-24-20(23(27)25-14-19-7-5-9-29-19)13-17-6-4-8-21(28-3)22(17)30-24/h4-13H,14H2,1-3H3,(H,25,27). The molecule has 0 saturated carbocycles. The molecule has 0 spiro atoms. The third-order valence-corrected chi connectivity index (χ3v) is 4.64. The van der Waals surface area contributed by atoms with Crippen LogP contribution in [-0.2, 0) is 6.54 Å². The Kier molecular flexibility index (Phi) is 5.39. The Labute approximate surface area is 173 Å². The molecule has 2 aromatic heterocycles. The molecule has 2 aromatic carbocycles. The summed E-state index contributed by atoms with van der Waals surface area (Å²) in [7, 11) is 1.58. The minimum Gasteiger partial charge on any atom is -0.493 e. The summed E-state index contributed by atoms with van der Waals surface area (Å²) in [5.41, 5.74) is 3.96. The molecule has 1 N–H and O–H groups in total. The number of nitrogens with zero attached hydrogens (tertiary/aromatic N) is 1. The first-order valence-electron chi connectivity index (χ1n) is 9.58. The van der Waals surface area contributed by atoms with E-state index in [4.69, 9.17) is 13.6 Å². The molecule has 0 unspecified atom stereocenters. The number of aryl methyl sites for hydroxylation is 2. The molecule has 1 amide bonds. The third kappa shape index (κ3) is 4.12. The van der Waals surface area contributed by atoms with E-state index in [2.05, 4.69) is 16.4 Å². The van der Waals surface area contributed by atoms with Gasteiger partial charge < -0.3 is 18.9 Å². The molecule has 0 aliphatic heterocycles. The Morgan fingerprint density at radius 2 is 1.87 bits per heavy atom. The number of carbonyl (C=O) groups excluding carboxylic acids is 1. The van der Waals surface area contributed by atoms with Gasteiger partial charge in [0.2, 0.25) is 5.55 Å². The monoisotopic (exact) mass is 402 g/mol. The Bertz CT molecular complexity index is 1250. The van der Waals surface area contributed by atoms with Crippen molar-refractivity contribution in [2.75, 3.05) is 7.11 Å². The van der Waals surface area contributed by atoms with Crippen LogP contribution in [0.2, 0.25) is 0 Å². The second-order valence-electron chi connectivity index (χ2n) is 7.06. The zero-order chi connectivity index (χ0) is 21.1. The molecule has 0 atom stereocenters. The van der Waals surface area contributed by atoms with E-state index in [1.165, 1.54) is 0 Å². The van der Waals surface area contributed by atoms with Gasteiger partial charge >= 0.3 is 0 Å². The van der Waals surface area contributed by atoms with Crippen molar-refractivity contribution in [3.63, 3.8) is 0 Å². The summed E-state index contributed by atoms with van der Waals surface area (Å²) in [6.07, 6.45) is 1.57. The number of carbonyl (C=O) groups is 1. The lowest BCUT2D eigenvalue weighted by atomic mass is 10.1. The zero-order valence-corrected chi connectivity index (χ0v) is 17.1. The fraction of sp³-hybridized carbons (Fsp3) is 0.167. The van der Waals surface area contributed by atoms with Gasteiger partial charge in [-0.05, 0) is 61.4 Å². The first-order valence-corrected chi connectivity index (χ1v) is 9.58. The molecule has 6 heteroatoms. The van der Waals surface area contributed by atoms with Gasteiger partial charge in [-0.2, -0.15) is 0 Å². The van der Waals surface area contributed by atoms with E-state index in [0.717, 1.165) is 16.5 Å². The molecule has 30 heavy (non-hydrogen) atoms. The van der Waals surface area contributed by atoms with Crippen molar-refractivity contribution in [2.45, 2.75) is 20.4 Å². The van der Waals surface area contributed by atoms with E-state index in [9.17, 15) is 4.79 Å². The van der Waals surface area contributed by atoms with E-state index >= 15 is 0 Å². The number of methoxy groups -OCH3 is 1. The van der Waals surface area contributed by atoms with Crippen LogP contribution in [0.5, 0.6) is 5.75 Å². The third-order valence-electron chi connectivity index (χ3n) is 4.64. The Morgan fingerprint density at radius 3 is 2.57 bits per heavy atom. The molecule has 0 radical (unpaired) electrons. The zero-order valence-electron chi connectivity index (χ0n) is 17.1. The fourth-order valence-electron chi connectivity index (χ4n) is 3.34. The van der Waals surface area contributed by atoms with Crippen LogP contribution in [0.25, 0.3) is 11.0 Å². The van der Waals surface area contributed by atoms with Crippen LogP contribution >= 0.6 is 0 Å². The first-order chi connectivity index (χ1) is 14.5. The maximum absolute atomic E-state index is 13.0. The van der Waals surface area contributed by atoms with Gasteiger partial charge in [0, 0.05) is 5.39 Å². The number of furan rings is 1.